The van der Waals surface area contributed by atoms with Crippen LogP contribution in [0.3, 0.4) is 0 Å². The third-order valence-corrected chi connectivity index (χ3v) is 4.62. The van der Waals surface area contributed by atoms with Gasteiger partial charge in [0.2, 0.25) is 5.88 Å². The predicted octanol–water partition coefficient (Wildman–Crippen LogP) is 2.39. The summed E-state index contributed by atoms with van der Waals surface area (Å²) >= 11 is 0. The first-order valence-electron chi connectivity index (χ1n) is 8.66. The summed E-state index contributed by atoms with van der Waals surface area (Å²) in [6.45, 7) is 4.00. The molecule has 0 radical (unpaired) electrons. The first kappa shape index (κ1) is 16.4. The standard InChI is InChI=1S/C20H20N4O2/c25-19-17-4-2-1-3-16(17)18(20(26)23-19)13-22-14-5-7-15(8-6-14)24-11-9-21-10-12-24/h1-8,13,21H,9-12H2,(H2,23,25,26). The molecule has 6 heteroatoms. The molecule has 1 aromatic heterocycles. The Morgan fingerprint density at radius 2 is 1.69 bits per heavy atom. The lowest BCUT2D eigenvalue weighted by atomic mass is 10.1. The number of hydrogen-bond donors (Lipinski definition) is 3. The fourth-order valence-electron chi connectivity index (χ4n) is 3.23. The van der Waals surface area contributed by atoms with Gasteiger partial charge in [-0.15, -0.1) is 0 Å². The highest BCUT2D eigenvalue weighted by atomic mass is 16.3. The Labute approximate surface area is 150 Å². The number of aromatic hydroxyl groups is 1. The van der Waals surface area contributed by atoms with Gasteiger partial charge in [0.25, 0.3) is 5.56 Å². The van der Waals surface area contributed by atoms with Crippen LogP contribution in [0, 0.1) is 0 Å². The molecule has 1 saturated heterocycles. The SMILES string of the molecule is O=c1[nH]c(O)c(C=Nc2ccc(N3CCNCC3)cc2)c2ccccc12. The molecule has 1 aliphatic heterocycles. The van der Waals surface area contributed by atoms with Crippen molar-refractivity contribution in [3.63, 3.8) is 0 Å². The minimum absolute atomic E-state index is 0.171. The Balaban J connectivity index is 1.62. The fraction of sp³-hybridized carbons (Fsp3) is 0.200. The zero-order valence-corrected chi connectivity index (χ0v) is 14.3. The minimum Gasteiger partial charge on any atom is -0.494 e. The normalized spacial score (nSPS) is 15.0. The molecule has 0 saturated carbocycles. The molecule has 0 bridgehead atoms. The van der Waals surface area contributed by atoms with Crippen molar-refractivity contribution in [2.45, 2.75) is 0 Å². The van der Waals surface area contributed by atoms with Gasteiger partial charge in [-0.05, 0) is 30.3 Å². The molecule has 3 N–H and O–H groups in total. The molecule has 1 fully saturated rings. The number of hydrogen-bond acceptors (Lipinski definition) is 5. The number of pyridine rings is 1. The number of piperazine rings is 1. The molecule has 0 atom stereocenters. The zero-order chi connectivity index (χ0) is 17.9. The van der Waals surface area contributed by atoms with E-state index in [1.807, 2.05) is 18.2 Å². The number of aliphatic imine (C=N–C) groups is 1. The van der Waals surface area contributed by atoms with Crippen LogP contribution in [-0.4, -0.2) is 42.5 Å². The third-order valence-electron chi connectivity index (χ3n) is 4.62. The highest BCUT2D eigenvalue weighted by Gasteiger charge is 2.10. The van der Waals surface area contributed by atoms with Crippen LogP contribution < -0.4 is 15.8 Å². The first-order chi connectivity index (χ1) is 12.7. The van der Waals surface area contributed by atoms with Crippen molar-refractivity contribution in [3.05, 3.63) is 64.4 Å². The van der Waals surface area contributed by atoms with Crippen LogP contribution in [0.4, 0.5) is 11.4 Å². The Hall–Kier alpha value is -3.12. The number of nitrogens with zero attached hydrogens (tertiary/aromatic N) is 2. The molecule has 6 nitrogen and oxygen atoms in total. The summed E-state index contributed by atoms with van der Waals surface area (Å²) in [5, 5.41) is 14.7. The predicted molar refractivity (Wildman–Crippen MR) is 105 cm³/mol. The van der Waals surface area contributed by atoms with Gasteiger partial charge in [-0.3, -0.25) is 14.8 Å². The summed E-state index contributed by atoms with van der Waals surface area (Å²) in [5.41, 5.74) is 2.17. The molecule has 26 heavy (non-hydrogen) atoms. The van der Waals surface area contributed by atoms with Crippen molar-refractivity contribution in [1.82, 2.24) is 10.3 Å². The highest BCUT2D eigenvalue weighted by molar-refractivity contribution is 6.01. The topological polar surface area (TPSA) is 80.7 Å². The van der Waals surface area contributed by atoms with Gasteiger partial charge in [0.05, 0.1) is 11.3 Å². The van der Waals surface area contributed by atoms with Crippen molar-refractivity contribution < 1.29 is 5.11 Å². The quantitative estimate of drug-likeness (QED) is 0.635. The first-order valence-corrected chi connectivity index (χ1v) is 8.66. The molecular formula is C20H20N4O2. The Kier molecular flexibility index (Phi) is 4.41. The number of H-pyrrole nitrogens is 1. The van der Waals surface area contributed by atoms with E-state index in [-0.39, 0.29) is 11.4 Å². The van der Waals surface area contributed by atoms with Gasteiger partial charge >= 0.3 is 0 Å². The number of fused-ring (bicyclic) bond motifs is 1. The number of anilines is 1. The van der Waals surface area contributed by atoms with E-state index in [4.69, 9.17) is 0 Å². The van der Waals surface area contributed by atoms with E-state index in [0.717, 1.165) is 31.9 Å². The number of benzene rings is 2. The van der Waals surface area contributed by atoms with Gasteiger partial charge < -0.3 is 15.3 Å². The van der Waals surface area contributed by atoms with Crippen molar-refractivity contribution >= 4 is 28.4 Å². The van der Waals surface area contributed by atoms with Gasteiger partial charge in [-0.2, -0.15) is 0 Å². The van der Waals surface area contributed by atoms with E-state index < -0.39 is 0 Å². The van der Waals surface area contributed by atoms with Crippen LogP contribution in [-0.2, 0) is 0 Å². The van der Waals surface area contributed by atoms with Gasteiger partial charge in [0.15, 0.2) is 0 Å². The number of aromatic nitrogens is 1. The third kappa shape index (κ3) is 3.19. The molecule has 0 unspecified atom stereocenters. The van der Waals surface area contributed by atoms with Crippen molar-refractivity contribution in [2.24, 2.45) is 4.99 Å². The highest BCUT2D eigenvalue weighted by Crippen LogP contribution is 2.23. The molecule has 132 valence electrons. The van der Waals surface area contributed by atoms with Gasteiger partial charge in [0.1, 0.15) is 0 Å². The summed E-state index contributed by atoms with van der Waals surface area (Å²) in [6, 6.07) is 15.2. The molecule has 0 spiro atoms. The molecule has 0 aliphatic carbocycles. The Bertz CT molecular complexity index is 1000. The molecule has 1 aliphatic rings. The summed E-state index contributed by atoms with van der Waals surface area (Å²) in [4.78, 5) is 21.2. The van der Waals surface area contributed by atoms with Crippen LogP contribution in [0.1, 0.15) is 5.56 Å². The smallest absolute Gasteiger partial charge is 0.258 e. The van der Waals surface area contributed by atoms with Gasteiger partial charge in [0, 0.05) is 48.9 Å². The lowest BCUT2D eigenvalue weighted by molar-refractivity contribution is 0.452. The van der Waals surface area contributed by atoms with Crippen LogP contribution in [0.2, 0.25) is 0 Å². The Morgan fingerprint density at radius 1 is 1.00 bits per heavy atom. The maximum atomic E-state index is 11.9. The average molecular weight is 348 g/mol. The van der Waals surface area contributed by atoms with Gasteiger partial charge in [-0.1, -0.05) is 18.2 Å². The lowest BCUT2D eigenvalue weighted by Gasteiger charge is -2.29. The monoisotopic (exact) mass is 348 g/mol. The van der Waals surface area contributed by atoms with E-state index in [9.17, 15) is 9.90 Å². The molecule has 3 aromatic rings. The minimum atomic E-state index is -0.310. The van der Waals surface area contributed by atoms with Crippen LogP contribution >= 0.6 is 0 Å². The number of aromatic amines is 1. The number of rotatable bonds is 3. The van der Waals surface area contributed by atoms with E-state index in [2.05, 4.69) is 32.3 Å². The molecule has 0 amide bonds. The molecule has 2 aromatic carbocycles. The molecular weight excluding hydrogens is 328 g/mol. The summed E-state index contributed by atoms with van der Waals surface area (Å²) < 4.78 is 0. The fourth-order valence-corrected chi connectivity index (χ4v) is 3.23. The molecule has 2 heterocycles. The van der Waals surface area contributed by atoms with Crippen LogP contribution in [0.25, 0.3) is 10.8 Å². The average Bonchev–Trinajstić information content (AvgIpc) is 2.69. The second-order valence-corrected chi connectivity index (χ2v) is 6.27. The van der Waals surface area contributed by atoms with Crippen molar-refractivity contribution in [3.8, 4) is 5.88 Å². The maximum Gasteiger partial charge on any atom is 0.258 e. The van der Waals surface area contributed by atoms with E-state index >= 15 is 0 Å². The van der Waals surface area contributed by atoms with Crippen LogP contribution in [0.15, 0.2) is 58.3 Å². The zero-order valence-electron chi connectivity index (χ0n) is 14.3. The summed E-state index contributed by atoms with van der Waals surface area (Å²) in [6.07, 6.45) is 1.59. The van der Waals surface area contributed by atoms with E-state index in [0.29, 0.717) is 16.3 Å². The summed E-state index contributed by atoms with van der Waals surface area (Å²) in [5.74, 6) is -0.171. The lowest BCUT2D eigenvalue weighted by Crippen LogP contribution is -2.43. The van der Waals surface area contributed by atoms with E-state index in [1.54, 1.807) is 24.4 Å². The van der Waals surface area contributed by atoms with E-state index in [1.165, 1.54) is 5.69 Å². The number of nitrogens with one attached hydrogen (secondary N) is 2. The van der Waals surface area contributed by atoms with Crippen molar-refractivity contribution in [2.75, 3.05) is 31.1 Å². The second-order valence-electron chi connectivity index (χ2n) is 6.27. The van der Waals surface area contributed by atoms with Gasteiger partial charge in [-0.25, -0.2) is 0 Å². The Morgan fingerprint density at radius 3 is 2.42 bits per heavy atom. The maximum absolute atomic E-state index is 11.9. The largest absolute Gasteiger partial charge is 0.494 e. The van der Waals surface area contributed by atoms with Crippen LogP contribution in [0.5, 0.6) is 5.88 Å². The molecule has 4 rings (SSSR count). The second kappa shape index (κ2) is 7.01. The van der Waals surface area contributed by atoms with Crippen molar-refractivity contribution in [1.29, 1.82) is 0 Å². The summed E-state index contributed by atoms with van der Waals surface area (Å²) in [7, 11) is 0.